The van der Waals surface area contributed by atoms with Crippen LogP contribution in [0.1, 0.15) is 28.4 Å². The van der Waals surface area contributed by atoms with Gasteiger partial charge in [-0.15, -0.1) is 0 Å². The minimum atomic E-state index is -0.452. The van der Waals surface area contributed by atoms with Gasteiger partial charge in [-0.05, 0) is 43.3 Å². The number of methoxy groups -OCH3 is 1. The molecule has 0 radical (unpaired) electrons. The standard InChI is InChI=1S/C20H21NO5S/c1-12-18(22)15-7-8-17(23-2)19(16(15)11-26-12)25-10-9-24-14-5-3-13(4-6-14)20(21)27/h3-8,12H,9-11H2,1-2H3,(H2,21,27). The summed E-state index contributed by atoms with van der Waals surface area (Å²) >= 11 is 4.92. The van der Waals surface area contributed by atoms with E-state index in [0.29, 0.717) is 46.6 Å². The summed E-state index contributed by atoms with van der Waals surface area (Å²) in [5.41, 5.74) is 7.68. The number of ketones is 1. The summed E-state index contributed by atoms with van der Waals surface area (Å²) < 4.78 is 22.4. The molecule has 142 valence electrons. The average Bonchev–Trinajstić information content (AvgIpc) is 2.68. The predicted molar refractivity (Wildman–Crippen MR) is 105 cm³/mol. The van der Waals surface area contributed by atoms with Gasteiger partial charge < -0.3 is 24.7 Å². The van der Waals surface area contributed by atoms with Crippen LogP contribution in [0.4, 0.5) is 0 Å². The molecule has 0 aromatic heterocycles. The van der Waals surface area contributed by atoms with Gasteiger partial charge in [-0.3, -0.25) is 4.79 Å². The van der Waals surface area contributed by atoms with E-state index >= 15 is 0 Å². The Kier molecular flexibility index (Phi) is 5.93. The van der Waals surface area contributed by atoms with E-state index in [1.807, 2.05) is 0 Å². The number of benzene rings is 2. The van der Waals surface area contributed by atoms with E-state index in [4.69, 9.17) is 36.9 Å². The number of hydrogen-bond acceptors (Lipinski definition) is 6. The van der Waals surface area contributed by atoms with Crippen molar-refractivity contribution in [2.75, 3.05) is 20.3 Å². The molecule has 3 rings (SSSR count). The zero-order valence-electron chi connectivity index (χ0n) is 15.2. The van der Waals surface area contributed by atoms with Gasteiger partial charge in [-0.2, -0.15) is 0 Å². The quantitative estimate of drug-likeness (QED) is 0.578. The minimum absolute atomic E-state index is 0.0575. The third-order valence-corrected chi connectivity index (χ3v) is 4.53. The van der Waals surface area contributed by atoms with Gasteiger partial charge in [0.25, 0.3) is 0 Å². The van der Waals surface area contributed by atoms with Crippen molar-refractivity contribution in [1.29, 1.82) is 0 Å². The molecule has 0 fully saturated rings. The van der Waals surface area contributed by atoms with Crippen molar-refractivity contribution < 1.29 is 23.7 Å². The van der Waals surface area contributed by atoms with Crippen LogP contribution in [0.3, 0.4) is 0 Å². The van der Waals surface area contributed by atoms with Crippen LogP contribution in [0, 0.1) is 0 Å². The zero-order chi connectivity index (χ0) is 19.4. The molecule has 1 atom stereocenters. The van der Waals surface area contributed by atoms with Crippen LogP contribution < -0.4 is 19.9 Å². The largest absolute Gasteiger partial charge is 0.493 e. The fraction of sp³-hybridized carbons (Fsp3) is 0.300. The summed E-state index contributed by atoms with van der Waals surface area (Å²) in [5.74, 6) is 1.70. The molecular formula is C20H21NO5S. The number of ether oxygens (including phenoxy) is 4. The van der Waals surface area contributed by atoms with E-state index in [-0.39, 0.29) is 12.4 Å². The van der Waals surface area contributed by atoms with Gasteiger partial charge in [0.05, 0.1) is 13.7 Å². The van der Waals surface area contributed by atoms with Crippen molar-refractivity contribution in [2.24, 2.45) is 5.73 Å². The van der Waals surface area contributed by atoms with E-state index in [0.717, 1.165) is 5.56 Å². The van der Waals surface area contributed by atoms with Crippen molar-refractivity contribution in [3.05, 3.63) is 53.1 Å². The minimum Gasteiger partial charge on any atom is -0.493 e. The normalized spacial score (nSPS) is 15.8. The molecule has 0 saturated carbocycles. The van der Waals surface area contributed by atoms with Crippen molar-refractivity contribution in [1.82, 2.24) is 0 Å². The molecule has 1 heterocycles. The summed E-state index contributed by atoms with van der Waals surface area (Å²) in [6.07, 6.45) is -0.452. The van der Waals surface area contributed by atoms with Gasteiger partial charge in [-0.25, -0.2) is 0 Å². The molecule has 2 N–H and O–H groups in total. The van der Waals surface area contributed by atoms with Gasteiger partial charge in [0.2, 0.25) is 0 Å². The Balaban J connectivity index is 1.65. The molecule has 0 aliphatic carbocycles. The van der Waals surface area contributed by atoms with Crippen LogP contribution in [0.2, 0.25) is 0 Å². The van der Waals surface area contributed by atoms with Crippen molar-refractivity contribution in [3.63, 3.8) is 0 Å². The lowest BCUT2D eigenvalue weighted by Crippen LogP contribution is -2.28. The number of hydrogen-bond donors (Lipinski definition) is 1. The van der Waals surface area contributed by atoms with Crippen molar-refractivity contribution in [2.45, 2.75) is 19.6 Å². The molecule has 1 unspecified atom stereocenters. The van der Waals surface area contributed by atoms with E-state index in [9.17, 15) is 4.79 Å². The number of carbonyl (C=O) groups is 1. The van der Waals surface area contributed by atoms with Gasteiger partial charge in [0, 0.05) is 16.7 Å². The van der Waals surface area contributed by atoms with Crippen molar-refractivity contribution >= 4 is 23.0 Å². The Morgan fingerprint density at radius 2 is 1.89 bits per heavy atom. The van der Waals surface area contributed by atoms with Crippen LogP contribution in [-0.4, -0.2) is 37.2 Å². The van der Waals surface area contributed by atoms with Crippen LogP contribution >= 0.6 is 12.2 Å². The number of fused-ring (bicyclic) bond motifs is 1. The lowest BCUT2D eigenvalue weighted by atomic mass is 9.97. The maximum atomic E-state index is 12.3. The van der Waals surface area contributed by atoms with Crippen molar-refractivity contribution in [3.8, 4) is 17.2 Å². The molecule has 0 saturated heterocycles. The number of rotatable bonds is 7. The summed E-state index contributed by atoms with van der Waals surface area (Å²) in [4.78, 5) is 12.6. The second kappa shape index (κ2) is 8.37. The highest BCUT2D eigenvalue weighted by Gasteiger charge is 2.28. The number of carbonyl (C=O) groups excluding carboxylic acids is 1. The van der Waals surface area contributed by atoms with Crippen LogP contribution in [0.25, 0.3) is 0 Å². The van der Waals surface area contributed by atoms with E-state index < -0.39 is 6.10 Å². The molecule has 7 heteroatoms. The van der Waals surface area contributed by atoms with Crippen LogP contribution in [0.5, 0.6) is 17.2 Å². The first-order valence-corrected chi connectivity index (χ1v) is 8.93. The first-order valence-electron chi connectivity index (χ1n) is 8.52. The number of Topliss-reactive ketones (excluding diaryl/α,β-unsaturated/α-hetero) is 1. The lowest BCUT2D eigenvalue weighted by molar-refractivity contribution is 0.0323. The summed E-state index contributed by atoms with van der Waals surface area (Å²) in [6, 6.07) is 10.7. The maximum absolute atomic E-state index is 12.3. The highest BCUT2D eigenvalue weighted by Crippen LogP contribution is 2.37. The molecule has 0 amide bonds. The Morgan fingerprint density at radius 1 is 1.19 bits per heavy atom. The topological polar surface area (TPSA) is 80.0 Å². The average molecular weight is 387 g/mol. The van der Waals surface area contributed by atoms with E-state index in [1.54, 1.807) is 50.4 Å². The lowest BCUT2D eigenvalue weighted by Gasteiger charge is -2.24. The predicted octanol–water partition coefficient (Wildman–Crippen LogP) is 2.89. The number of nitrogens with two attached hydrogens (primary N) is 1. The molecule has 0 spiro atoms. The Morgan fingerprint density at radius 3 is 2.56 bits per heavy atom. The van der Waals surface area contributed by atoms with Gasteiger partial charge in [0.1, 0.15) is 30.1 Å². The summed E-state index contributed by atoms with van der Waals surface area (Å²) in [6.45, 7) is 2.65. The Labute approximate surface area is 163 Å². The fourth-order valence-corrected chi connectivity index (χ4v) is 2.96. The second-order valence-electron chi connectivity index (χ2n) is 6.03. The summed E-state index contributed by atoms with van der Waals surface area (Å²) in [5, 5.41) is 0. The summed E-state index contributed by atoms with van der Waals surface area (Å²) in [7, 11) is 1.56. The maximum Gasteiger partial charge on any atom is 0.191 e. The van der Waals surface area contributed by atoms with E-state index in [2.05, 4.69) is 0 Å². The van der Waals surface area contributed by atoms with E-state index in [1.165, 1.54) is 0 Å². The molecule has 1 aliphatic heterocycles. The monoisotopic (exact) mass is 387 g/mol. The first-order chi connectivity index (χ1) is 13.0. The molecule has 1 aliphatic rings. The zero-order valence-corrected chi connectivity index (χ0v) is 16.0. The molecule has 2 aromatic carbocycles. The highest BCUT2D eigenvalue weighted by atomic mass is 32.1. The third-order valence-electron chi connectivity index (χ3n) is 4.29. The Bertz CT molecular complexity index is 850. The smallest absolute Gasteiger partial charge is 0.191 e. The Hall–Kier alpha value is -2.64. The number of thiocarbonyl (C=S) groups is 1. The fourth-order valence-electron chi connectivity index (χ4n) is 2.82. The molecule has 2 aromatic rings. The highest BCUT2D eigenvalue weighted by molar-refractivity contribution is 7.80. The van der Waals surface area contributed by atoms with Gasteiger partial charge in [0.15, 0.2) is 17.3 Å². The molecular weight excluding hydrogens is 366 g/mol. The SMILES string of the molecule is COc1ccc2c(c1OCCOc1ccc(C(N)=S)cc1)COC(C)C2=O. The molecule has 6 nitrogen and oxygen atoms in total. The first kappa shape index (κ1) is 19.1. The van der Waals surface area contributed by atoms with Gasteiger partial charge >= 0.3 is 0 Å². The molecule has 0 bridgehead atoms. The molecule has 27 heavy (non-hydrogen) atoms. The third kappa shape index (κ3) is 4.20. The van der Waals surface area contributed by atoms with Crippen LogP contribution in [-0.2, 0) is 11.3 Å². The van der Waals surface area contributed by atoms with Gasteiger partial charge in [-0.1, -0.05) is 12.2 Å². The second-order valence-corrected chi connectivity index (χ2v) is 6.47. The van der Waals surface area contributed by atoms with Crippen LogP contribution in [0.15, 0.2) is 36.4 Å².